The summed E-state index contributed by atoms with van der Waals surface area (Å²) in [5, 5.41) is 16.6. The Morgan fingerprint density at radius 1 is 0.514 bits per heavy atom. The van der Waals surface area contributed by atoms with Crippen molar-refractivity contribution in [3.05, 3.63) is 84.5 Å². The number of benzene rings is 2. The lowest BCUT2D eigenvalue weighted by Crippen LogP contribution is -2.62. The lowest BCUT2D eigenvalue weighted by atomic mass is 9.83. The zero-order valence-corrected chi connectivity index (χ0v) is 70.3. The van der Waals surface area contributed by atoms with Crippen molar-refractivity contribution in [1.29, 1.82) is 0 Å². The minimum Gasteiger partial charge on any atom is -0.449 e. The molecular weight excluding hydrogens is 1420 g/mol. The van der Waals surface area contributed by atoms with E-state index in [0.29, 0.717) is 0 Å². The van der Waals surface area contributed by atoms with Gasteiger partial charge in [-0.2, -0.15) is 0 Å². The molecule has 0 radical (unpaired) electrons. The predicted octanol–water partition coefficient (Wildman–Crippen LogP) is 6.36. The number of alkyl carbamates (subject to hydrolysis) is 1. The second-order valence-corrected chi connectivity index (χ2v) is 32.4. The van der Waals surface area contributed by atoms with E-state index in [1.807, 2.05) is 91.8 Å². The Labute approximate surface area is 659 Å². The lowest BCUT2D eigenvalue weighted by molar-refractivity contribution is -0.156. The van der Waals surface area contributed by atoms with E-state index in [1.54, 1.807) is 47.6 Å². The fraction of sp³-hybridized carbons (Fsp3) is 0.651. The summed E-state index contributed by atoms with van der Waals surface area (Å²) in [6.45, 7) is 32.4. The molecule has 2 aliphatic rings. The Morgan fingerprint density at radius 2 is 0.973 bits per heavy atom. The normalized spacial score (nSPS) is 23.6. The summed E-state index contributed by atoms with van der Waals surface area (Å²) in [6.07, 6.45) is 4.56. The number of nitrogens with zero attached hydrogens (tertiary/aromatic N) is 7. The number of amides is 13. The molecule has 0 aromatic heterocycles. The summed E-state index contributed by atoms with van der Waals surface area (Å²) in [7, 11) is 9.99. The van der Waals surface area contributed by atoms with Gasteiger partial charge in [0.1, 0.15) is 67.0 Å². The summed E-state index contributed by atoms with van der Waals surface area (Å²) in [6, 6.07) is 3.67. The van der Waals surface area contributed by atoms with E-state index in [0.717, 1.165) is 27.2 Å². The van der Waals surface area contributed by atoms with Gasteiger partial charge in [-0.25, -0.2) is 4.79 Å². The maximum Gasteiger partial charge on any atom is 0.407 e. The van der Waals surface area contributed by atoms with Crippen molar-refractivity contribution >= 4 is 77.0 Å². The van der Waals surface area contributed by atoms with Gasteiger partial charge in [0, 0.05) is 74.3 Å². The molecular formula is C83H131N13O15. The van der Waals surface area contributed by atoms with Crippen molar-refractivity contribution in [3.63, 3.8) is 0 Å². The first-order valence-electron chi connectivity index (χ1n) is 39.3. The molecule has 28 nitrogen and oxygen atoms in total. The first-order chi connectivity index (χ1) is 52.0. The largest absolute Gasteiger partial charge is 0.449 e. The Morgan fingerprint density at radius 3 is 1.48 bits per heavy atom. The molecule has 4 rings (SSSR count). The Kier molecular flexibility index (Phi) is 37.4. The van der Waals surface area contributed by atoms with Gasteiger partial charge in [0.2, 0.25) is 70.9 Å². The summed E-state index contributed by atoms with van der Waals surface area (Å²) in [5.74, 6) is -11.3. The number of fused-ring (bicyclic) bond motifs is 3. The van der Waals surface area contributed by atoms with E-state index in [1.165, 1.54) is 105 Å². The number of carbonyl (C=O) groups is 13. The number of hydrogen-bond acceptors (Lipinski definition) is 15. The van der Waals surface area contributed by atoms with Crippen LogP contribution in [0.15, 0.2) is 73.3 Å². The van der Waals surface area contributed by atoms with Gasteiger partial charge in [-0.15, -0.1) is 6.58 Å². The highest BCUT2D eigenvalue weighted by molar-refractivity contribution is 6.00. The minimum atomic E-state index is -1.45. The van der Waals surface area contributed by atoms with E-state index >= 15 is 19.2 Å². The maximum atomic E-state index is 15.7. The van der Waals surface area contributed by atoms with Gasteiger partial charge < -0.3 is 75.7 Å². The molecule has 2 aromatic carbocycles. The zero-order chi connectivity index (χ0) is 83.7. The second kappa shape index (κ2) is 44.1. The third kappa shape index (κ3) is 26.2. The molecule has 6 N–H and O–H groups in total. The van der Waals surface area contributed by atoms with Crippen molar-refractivity contribution in [2.75, 3.05) is 88.8 Å². The number of allylic oxidation sites excluding steroid dienone is 1. The quantitative estimate of drug-likeness (QED) is 0.0358. The highest BCUT2D eigenvalue weighted by Gasteiger charge is 2.46. The van der Waals surface area contributed by atoms with Crippen LogP contribution < -0.4 is 31.9 Å². The third-order valence-electron chi connectivity index (χ3n) is 20.9. The van der Waals surface area contributed by atoms with Crippen LogP contribution in [-0.4, -0.2) is 260 Å². The molecule has 111 heavy (non-hydrogen) atoms. The molecule has 12 unspecified atom stereocenters. The monoisotopic (exact) mass is 1550 g/mol. The fourth-order valence-electron chi connectivity index (χ4n) is 14.4. The molecule has 13 amide bonds. The van der Waals surface area contributed by atoms with Crippen LogP contribution in [0.2, 0.25) is 0 Å². The van der Waals surface area contributed by atoms with Crippen LogP contribution in [0.25, 0.3) is 11.1 Å². The van der Waals surface area contributed by atoms with Gasteiger partial charge in [-0.3, -0.25) is 57.5 Å². The number of carbonyl (C=O) groups excluding carboxylic acids is 13. The van der Waals surface area contributed by atoms with Crippen molar-refractivity contribution in [2.24, 2.45) is 47.3 Å². The van der Waals surface area contributed by atoms with E-state index in [2.05, 4.69) is 50.6 Å². The first kappa shape index (κ1) is 94.2. The van der Waals surface area contributed by atoms with Crippen LogP contribution in [0.3, 0.4) is 0 Å². The van der Waals surface area contributed by atoms with Gasteiger partial charge in [0.05, 0.1) is 19.8 Å². The van der Waals surface area contributed by atoms with Crippen molar-refractivity contribution in [2.45, 2.75) is 216 Å². The number of hydrogen-bond donors (Lipinski definition) is 6. The van der Waals surface area contributed by atoms with Crippen LogP contribution in [0.1, 0.15) is 166 Å². The Hall–Kier alpha value is -9.21. The summed E-state index contributed by atoms with van der Waals surface area (Å²) >= 11 is 0. The molecule has 0 spiro atoms. The van der Waals surface area contributed by atoms with Gasteiger partial charge in [-0.1, -0.05) is 158 Å². The van der Waals surface area contributed by atoms with Crippen LogP contribution in [-0.2, 0) is 67.0 Å². The van der Waals surface area contributed by atoms with Crippen LogP contribution in [0.5, 0.6) is 0 Å². The van der Waals surface area contributed by atoms with Crippen molar-refractivity contribution < 1.29 is 71.8 Å². The maximum absolute atomic E-state index is 15.7. The van der Waals surface area contributed by atoms with Gasteiger partial charge >= 0.3 is 6.09 Å². The third-order valence-corrected chi connectivity index (χ3v) is 20.9. The average Bonchev–Trinajstić information content (AvgIpc) is 1.59. The molecule has 0 saturated carbocycles. The van der Waals surface area contributed by atoms with Crippen LogP contribution in [0.4, 0.5) is 4.79 Å². The second-order valence-electron chi connectivity index (χ2n) is 32.4. The van der Waals surface area contributed by atoms with Gasteiger partial charge in [0.25, 0.3) is 0 Å². The van der Waals surface area contributed by atoms with Crippen LogP contribution in [0, 0.1) is 47.3 Å². The van der Waals surface area contributed by atoms with Crippen molar-refractivity contribution in [3.8, 4) is 11.1 Å². The zero-order valence-electron chi connectivity index (χ0n) is 70.3. The molecule has 12 atom stereocenters. The number of ether oxygens (including phenoxy) is 2. The Bertz CT molecular complexity index is 3530. The standard InChI is InChI=1S/C83H131N13O15/c1-25-57(54(15)32-31-37-68(97)84-38-40-110-41-39-85-83(109)111-47-62-60-35-29-27-33-58(60)59-34-28-30-36-61(59)62)72-76(102)88-63(26-2)78(104)90(18)46-69(98)91(19)64(42-48(3)4)75(101)89-70(52(11)12)81(107)92(20)65(43-49(5)6)74(100)86-55(16)73(99)87-56(17)77(103)93(21)66(44-50(7)8)79(105)94(22)67(45-51(9)10)80(106)95(23)71(53(13)14)82(108)96(72)24/h25,27-31,33-37,48-57,62-67,70-72H,1,26,32,38-47H2,2-24H3,(H,84,97)(H,85,109)(H,86,100)(H,87,99)(H,88,102)(H,89,101). The van der Waals surface area contributed by atoms with Crippen LogP contribution >= 0.6 is 0 Å². The highest BCUT2D eigenvalue weighted by Crippen LogP contribution is 2.44. The summed E-state index contributed by atoms with van der Waals surface area (Å²) in [4.78, 5) is 198. The number of nitrogens with one attached hydrogen (secondary N) is 6. The van der Waals surface area contributed by atoms with Gasteiger partial charge in [-0.05, 0) is 122 Å². The predicted molar refractivity (Wildman–Crippen MR) is 427 cm³/mol. The highest BCUT2D eigenvalue weighted by atomic mass is 16.5. The number of likely N-dealkylation sites (N-methyl/N-ethyl adjacent to an activating group) is 7. The van der Waals surface area contributed by atoms with E-state index in [9.17, 15) is 43.2 Å². The minimum absolute atomic E-state index is 0.000215. The molecule has 1 saturated heterocycles. The molecule has 1 fully saturated rings. The molecule has 28 heteroatoms. The summed E-state index contributed by atoms with van der Waals surface area (Å²) < 4.78 is 11.3. The number of rotatable bonds is 25. The van der Waals surface area contributed by atoms with E-state index < -0.39 is 168 Å². The van der Waals surface area contributed by atoms with E-state index in [4.69, 9.17) is 9.47 Å². The lowest BCUT2D eigenvalue weighted by Gasteiger charge is -2.42. The molecule has 618 valence electrons. The smallest absolute Gasteiger partial charge is 0.407 e. The Balaban J connectivity index is 1.72. The average molecular weight is 1550 g/mol. The topological polar surface area (TPSA) is 335 Å². The van der Waals surface area contributed by atoms with Crippen molar-refractivity contribution in [1.82, 2.24) is 66.2 Å². The molecule has 0 bridgehead atoms. The van der Waals surface area contributed by atoms with Gasteiger partial charge in [0.15, 0.2) is 0 Å². The first-order valence-corrected chi connectivity index (χ1v) is 39.3. The molecule has 1 heterocycles. The molecule has 2 aromatic rings. The molecule has 1 aliphatic heterocycles. The van der Waals surface area contributed by atoms with E-state index in [-0.39, 0.29) is 101 Å². The fourth-order valence-corrected chi connectivity index (χ4v) is 14.4. The molecule has 1 aliphatic carbocycles. The SMILES string of the molecule is C=CC(C(C)CC=CC(=O)NCCOCCNC(=O)OCC1c2ccccc2-c2ccccc21)C1C(=O)NC(CC)C(=O)N(C)CC(=O)N(C)C(CC(C)C)C(=O)NC(C(C)C)C(=O)N(C)C(CC(C)C)C(=O)NC(C)C(=O)NC(C)C(=O)N(C)C(CC(C)C)C(=O)N(C)C(CC(C)C)C(=O)N(C)C(C(C)C)C(=O)N1C. The summed E-state index contributed by atoms with van der Waals surface area (Å²) in [5.41, 5.74) is 4.43.